The number of aromatic nitrogens is 2. The minimum absolute atomic E-state index is 0.0830. The van der Waals surface area contributed by atoms with Crippen LogP contribution in [0.3, 0.4) is 0 Å². The number of benzene rings is 1. The van der Waals surface area contributed by atoms with Crippen LogP contribution >= 0.6 is 0 Å². The van der Waals surface area contributed by atoms with Crippen molar-refractivity contribution < 1.29 is 12.8 Å². The summed E-state index contributed by atoms with van der Waals surface area (Å²) in [7, 11) is -3.74. The molecule has 0 aliphatic carbocycles. The van der Waals surface area contributed by atoms with Crippen LogP contribution in [0.2, 0.25) is 0 Å². The van der Waals surface area contributed by atoms with Crippen LogP contribution in [0.15, 0.2) is 41.4 Å². The summed E-state index contributed by atoms with van der Waals surface area (Å²) in [5, 5.41) is 0. The summed E-state index contributed by atoms with van der Waals surface area (Å²) in [6.07, 6.45) is 3.02. The molecule has 1 saturated heterocycles. The Hall–Kier alpha value is -1.86. The number of halogens is 1. The molecule has 0 N–H and O–H groups in total. The molecule has 1 atom stereocenters. The number of rotatable bonds is 3. The van der Waals surface area contributed by atoms with E-state index in [1.54, 1.807) is 12.3 Å². The van der Waals surface area contributed by atoms with E-state index < -0.39 is 21.4 Å². The van der Waals surface area contributed by atoms with Gasteiger partial charge in [-0.25, -0.2) is 22.8 Å². The number of hydrogen-bond donors (Lipinski definition) is 0. The average Bonchev–Trinajstić information content (AvgIpc) is 2.92. The molecule has 1 aromatic carbocycles. The van der Waals surface area contributed by atoms with E-state index >= 15 is 0 Å². The van der Waals surface area contributed by atoms with Crippen molar-refractivity contribution in [3.8, 4) is 0 Å². The van der Waals surface area contributed by atoms with Gasteiger partial charge in [-0.3, -0.25) is 0 Å². The first-order valence-corrected chi connectivity index (χ1v) is 8.86. The van der Waals surface area contributed by atoms with E-state index in [0.717, 1.165) is 24.2 Å². The van der Waals surface area contributed by atoms with Crippen LogP contribution in [0.25, 0.3) is 0 Å². The van der Waals surface area contributed by atoms with Crippen molar-refractivity contribution >= 4 is 10.0 Å². The summed E-state index contributed by atoms with van der Waals surface area (Å²) in [4.78, 5) is 8.79. The largest absolute Gasteiger partial charge is 0.243 e. The summed E-state index contributed by atoms with van der Waals surface area (Å²) < 4.78 is 40.5. The first kappa shape index (κ1) is 16.0. The summed E-state index contributed by atoms with van der Waals surface area (Å²) in [6, 6.07) is 6.68. The quantitative estimate of drug-likeness (QED) is 0.865. The van der Waals surface area contributed by atoms with Crippen LogP contribution in [0.5, 0.6) is 0 Å². The fraction of sp³-hybridized carbons (Fsp3) is 0.375. The molecular formula is C16H18FN3O2S. The van der Waals surface area contributed by atoms with Crippen molar-refractivity contribution in [3.05, 3.63) is 53.9 Å². The van der Waals surface area contributed by atoms with Crippen molar-refractivity contribution in [3.63, 3.8) is 0 Å². The summed E-state index contributed by atoms with van der Waals surface area (Å²) in [5.41, 5.74) is 0.00133. The van der Waals surface area contributed by atoms with Crippen LogP contribution in [0.4, 0.5) is 4.39 Å². The Kier molecular flexibility index (Phi) is 3.93. The Bertz CT molecular complexity index is 823. The van der Waals surface area contributed by atoms with Gasteiger partial charge in [0, 0.05) is 18.4 Å². The highest BCUT2D eigenvalue weighted by atomic mass is 32.2. The van der Waals surface area contributed by atoms with Crippen LogP contribution in [0, 0.1) is 12.7 Å². The molecule has 0 spiro atoms. The van der Waals surface area contributed by atoms with Crippen molar-refractivity contribution in [2.24, 2.45) is 0 Å². The molecule has 7 heteroatoms. The lowest BCUT2D eigenvalue weighted by molar-refractivity contribution is 0.254. The summed E-state index contributed by atoms with van der Waals surface area (Å²) in [6.45, 7) is 4.09. The predicted molar refractivity (Wildman–Crippen MR) is 83.6 cm³/mol. The van der Waals surface area contributed by atoms with Crippen LogP contribution in [-0.2, 0) is 15.6 Å². The molecule has 1 aromatic heterocycles. The molecule has 122 valence electrons. The van der Waals surface area contributed by atoms with Gasteiger partial charge in [0.15, 0.2) is 0 Å². The van der Waals surface area contributed by atoms with E-state index in [0.29, 0.717) is 18.8 Å². The average molecular weight is 335 g/mol. The van der Waals surface area contributed by atoms with Crippen molar-refractivity contribution in [1.82, 2.24) is 14.3 Å². The smallest absolute Gasteiger partial charge is 0.239 e. The first-order valence-electron chi connectivity index (χ1n) is 7.42. The second-order valence-electron chi connectivity index (χ2n) is 5.93. The van der Waals surface area contributed by atoms with Gasteiger partial charge >= 0.3 is 0 Å². The Morgan fingerprint density at radius 2 is 1.91 bits per heavy atom. The van der Waals surface area contributed by atoms with Gasteiger partial charge in [0.25, 0.3) is 0 Å². The lowest BCUT2D eigenvalue weighted by Crippen LogP contribution is -2.44. The molecule has 1 aliphatic rings. The maximum atomic E-state index is 13.1. The number of nitrogens with zero attached hydrogens (tertiary/aromatic N) is 3. The molecule has 5 nitrogen and oxygen atoms in total. The normalized spacial score (nSPS) is 22.4. The van der Waals surface area contributed by atoms with Crippen LogP contribution in [-0.4, -0.2) is 29.2 Å². The van der Waals surface area contributed by atoms with Gasteiger partial charge in [0.1, 0.15) is 11.6 Å². The molecule has 1 unspecified atom stereocenters. The molecule has 1 fully saturated rings. The number of hydrogen-bond acceptors (Lipinski definition) is 4. The zero-order valence-corrected chi connectivity index (χ0v) is 13.8. The van der Waals surface area contributed by atoms with E-state index in [1.807, 2.05) is 13.8 Å². The zero-order valence-electron chi connectivity index (χ0n) is 13.0. The topological polar surface area (TPSA) is 63.2 Å². The predicted octanol–water partition coefficient (Wildman–Crippen LogP) is 2.62. The Morgan fingerprint density at radius 1 is 1.22 bits per heavy atom. The maximum Gasteiger partial charge on any atom is 0.243 e. The highest BCUT2D eigenvalue weighted by Gasteiger charge is 2.47. The molecule has 1 aliphatic heterocycles. The molecule has 2 aromatic rings. The third kappa shape index (κ3) is 2.74. The molecule has 2 heterocycles. The molecular weight excluding hydrogens is 317 g/mol. The molecule has 0 bridgehead atoms. The van der Waals surface area contributed by atoms with Gasteiger partial charge in [-0.1, -0.05) is 0 Å². The summed E-state index contributed by atoms with van der Waals surface area (Å²) in [5.74, 6) is 0.0378. The van der Waals surface area contributed by atoms with Crippen molar-refractivity contribution in [2.75, 3.05) is 6.54 Å². The third-order valence-corrected chi connectivity index (χ3v) is 6.29. The lowest BCUT2D eigenvalue weighted by Gasteiger charge is -2.33. The minimum atomic E-state index is -3.74. The Labute approximate surface area is 135 Å². The van der Waals surface area contributed by atoms with Crippen molar-refractivity contribution in [1.29, 1.82) is 0 Å². The maximum absolute atomic E-state index is 13.1. The minimum Gasteiger partial charge on any atom is -0.239 e. The van der Waals surface area contributed by atoms with Gasteiger partial charge in [0.05, 0.1) is 10.4 Å². The van der Waals surface area contributed by atoms with E-state index in [9.17, 15) is 12.8 Å². The fourth-order valence-corrected chi connectivity index (χ4v) is 4.80. The van der Waals surface area contributed by atoms with E-state index in [4.69, 9.17) is 0 Å². The van der Waals surface area contributed by atoms with Gasteiger partial charge in [-0.2, -0.15) is 4.31 Å². The lowest BCUT2D eigenvalue weighted by atomic mass is 9.99. The Morgan fingerprint density at radius 3 is 2.57 bits per heavy atom. The first-order chi connectivity index (χ1) is 10.8. The monoisotopic (exact) mass is 335 g/mol. The van der Waals surface area contributed by atoms with E-state index in [1.165, 1.54) is 16.4 Å². The third-order valence-electron chi connectivity index (χ3n) is 4.25. The standard InChI is InChI=1S/C16H18FN3O2S/c1-12-8-10-18-15(19-12)16(2)9-3-11-20(16)23(21,22)14-6-4-13(17)5-7-14/h4-8,10H,3,9,11H2,1-2H3. The molecule has 3 rings (SSSR count). The number of aryl methyl sites for hydroxylation is 1. The van der Waals surface area contributed by atoms with Gasteiger partial charge in [-0.05, 0) is 57.0 Å². The molecule has 0 saturated carbocycles. The van der Waals surface area contributed by atoms with Gasteiger partial charge < -0.3 is 0 Å². The van der Waals surface area contributed by atoms with E-state index in [2.05, 4.69) is 9.97 Å². The summed E-state index contributed by atoms with van der Waals surface area (Å²) >= 11 is 0. The van der Waals surface area contributed by atoms with Gasteiger partial charge in [-0.15, -0.1) is 0 Å². The Balaban J connectivity index is 2.05. The van der Waals surface area contributed by atoms with Gasteiger partial charge in [0.2, 0.25) is 10.0 Å². The molecule has 0 amide bonds. The fourth-order valence-electron chi connectivity index (χ4n) is 2.99. The van der Waals surface area contributed by atoms with Crippen LogP contribution in [0.1, 0.15) is 31.3 Å². The SMILES string of the molecule is Cc1ccnc(C2(C)CCCN2S(=O)(=O)c2ccc(F)cc2)n1. The molecule has 23 heavy (non-hydrogen) atoms. The second kappa shape index (κ2) is 5.65. The highest BCUT2D eigenvalue weighted by Crippen LogP contribution is 2.40. The second-order valence-corrected chi connectivity index (χ2v) is 7.79. The van der Waals surface area contributed by atoms with E-state index in [-0.39, 0.29) is 4.90 Å². The highest BCUT2D eigenvalue weighted by molar-refractivity contribution is 7.89. The molecule has 0 radical (unpaired) electrons. The zero-order chi connectivity index (χ0) is 16.7. The number of sulfonamides is 1. The van der Waals surface area contributed by atoms with Crippen LogP contribution < -0.4 is 0 Å². The van der Waals surface area contributed by atoms with Crippen molar-refractivity contribution in [2.45, 2.75) is 37.1 Å².